The number of benzene rings is 1. The van der Waals surface area contributed by atoms with E-state index in [1.807, 2.05) is 24.3 Å². The van der Waals surface area contributed by atoms with Gasteiger partial charge in [-0.15, -0.1) is 0 Å². The minimum atomic E-state index is -2.54. The molecular formula is C11H12BrF2N. The van der Waals surface area contributed by atoms with Crippen LogP contribution in [-0.4, -0.2) is 12.5 Å². The molecule has 1 aliphatic heterocycles. The standard InChI is InChI=1S/C11H12BrF2N/c12-9-3-1-2-8(6-9)10-4-5-11(13,14)7-15-10/h1-3,6,10,15H,4-5,7H2. The number of hydrogen-bond acceptors (Lipinski definition) is 1. The van der Waals surface area contributed by atoms with Crippen molar-refractivity contribution < 1.29 is 8.78 Å². The van der Waals surface area contributed by atoms with E-state index >= 15 is 0 Å². The molecule has 0 radical (unpaired) electrons. The SMILES string of the molecule is FC1(F)CCC(c2cccc(Br)c2)NC1. The molecule has 1 atom stereocenters. The van der Waals surface area contributed by atoms with Gasteiger partial charge in [-0.3, -0.25) is 0 Å². The van der Waals surface area contributed by atoms with Gasteiger partial charge in [-0.1, -0.05) is 28.1 Å². The average Bonchev–Trinajstić information content (AvgIpc) is 2.17. The van der Waals surface area contributed by atoms with E-state index in [-0.39, 0.29) is 19.0 Å². The third-order valence-corrected chi connectivity index (χ3v) is 3.15. The van der Waals surface area contributed by atoms with Gasteiger partial charge in [0.2, 0.25) is 0 Å². The van der Waals surface area contributed by atoms with Gasteiger partial charge in [0.05, 0.1) is 6.54 Å². The van der Waals surface area contributed by atoms with Crippen molar-refractivity contribution in [3.05, 3.63) is 34.3 Å². The second-order valence-corrected chi connectivity index (χ2v) is 4.80. The Bertz CT molecular complexity index is 344. The largest absolute Gasteiger partial charge is 0.304 e. The van der Waals surface area contributed by atoms with Gasteiger partial charge in [-0.25, -0.2) is 8.78 Å². The van der Waals surface area contributed by atoms with Crippen molar-refractivity contribution in [3.8, 4) is 0 Å². The normalized spacial score (nSPS) is 25.1. The van der Waals surface area contributed by atoms with Gasteiger partial charge < -0.3 is 5.32 Å². The smallest absolute Gasteiger partial charge is 0.260 e. The Morgan fingerprint density at radius 2 is 2.20 bits per heavy atom. The summed E-state index contributed by atoms with van der Waals surface area (Å²) in [5.41, 5.74) is 1.07. The van der Waals surface area contributed by atoms with Crippen molar-refractivity contribution in [1.82, 2.24) is 5.32 Å². The highest BCUT2D eigenvalue weighted by atomic mass is 79.9. The van der Waals surface area contributed by atoms with E-state index in [0.29, 0.717) is 6.42 Å². The highest BCUT2D eigenvalue weighted by Gasteiger charge is 2.34. The van der Waals surface area contributed by atoms with Crippen LogP contribution in [0.3, 0.4) is 0 Å². The maximum atomic E-state index is 12.9. The third kappa shape index (κ3) is 2.75. The summed E-state index contributed by atoms with van der Waals surface area (Å²) in [5.74, 6) is -2.54. The number of halogens is 3. The predicted octanol–water partition coefficient (Wildman–Crippen LogP) is 3.51. The molecule has 1 saturated heterocycles. The van der Waals surface area contributed by atoms with Crippen molar-refractivity contribution in [1.29, 1.82) is 0 Å². The molecule has 0 aliphatic carbocycles. The monoisotopic (exact) mass is 275 g/mol. The van der Waals surface area contributed by atoms with Gasteiger partial charge in [0.1, 0.15) is 0 Å². The molecule has 0 amide bonds. The first kappa shape index (κ1) is 11.0. The molecule has 0 spiro atoms. The fraction of sp³-hybridized carbons (Fsp3) is 0.455. The van der Waals surface area contributed by atoms with Crippen LogP contribution in [0.2, 0.25) is 0 Å². The highest BCUT2D eigenvalue weighted by Crippen LogP contribution is 2.32. The van der Waals surface area contributed by atoms with Gasteiger partial charge in [0.25, 0.3) is 5.92 Å². The fourth-order valence-electron chi connectivity index (χ4n) is 1.83. The van der Waals surface area contributed by atoms with Crippen LogP contribution >= 0.6 is 15.9 Å². The quantitative estimate of drug-likeness (QED) is 0.827. The first-order chi connectivity index (χ1) is 7.07. The molecule has 1 nitrogen and oxygen atoms in total. The summed E-state index contributed by atoms with van der Waals surface area (Å²) >= 11 is 3.38. The zero-order chi connectivity index (χ0) is 10.9. The summed E-state index contributed by atoms with van der Waals surface area (Å²) in [6, 6.07) is 7.85. The average molecular weight is 276 g/mol. The molecule has 1 aromatic rings. The van der Waals surface area contributed by atoms with Crippen LogP contribution < -0.4 is 5.32 Å². The summed E-state index contributed by atoms with van der Waals surface area (Å²) in [5, 5.41) is 2.88. The van der Waals surface area contributed by atoms with Crippen LogP contribution in [0.25, 0.3) is 0 Å². The van der Waals surface area contributed by atoms with E-state index in [9.17, 15) is 8.78 Å². The summed E-state index contributed by atoms with van der Waals surface area (Å²) in [6.45, 7) is -0.218. The zero-order valence-electron chi connectivity index (χ0n) is 8.14. The molecule has 1 aromatic carbocycles. The van der Waals surface area contributed by atoms with Crippen molar-refractivity contribution in [2.75, 3.05) is 6.54 Å². The fourth-order valence-corrected chi connectivity index (χ4v) is 2.24. The van der Waals surface area contributed by atoms with Crippen LogP contribution in [0, 0.1) is 0 Å². The Hall–Kier alpha value is -0.480. The molecular weight excluding hydrogens is 264 g/mol. The van der Waals surface area contributed by atoms with Crippen LogP contribution in [0.15, 0.2) is 28.7 Å². The molecule has 0 saturated carbocycles. The van der Waals surface area contributed by atoms with Gasteiger partial charge in [-0.2, -0.15) is 0 Å². The maximum absolute atomic E-state index is 12.9. The van der Waals surface area contributed by atoms with Crippen LogP contribution in [0.5, 0.6) is 0 Å². The van der Waals surface area contributed by atoms with E-state index in [4.69, 9.17) is 0 Å². The summed E-state index contributed by atoms with van der Waals surface area (Å²) in [7, 11) is 0. The number of alkyl halides is 2. The van der Waals surface area contributed by atoms with E-state index in [2.05, 4.69) is 21.2 Å². The van der Waals surface area contributed by atoms with E-state index in [0.717, 1.165) is 10.0 Å². The van der Waals surface area contributed by atoms with Gasteiger partial charge in [-0.05, 0) is 24.1 Å². The maximum Gasteiger partial charge on any atom is 0.260 e. The van der Waals surface area contributed by atoms with E-state index in [1.165, 1.54) is 0 Å². The van der Waals surface area contributed by atoms with Crippen molar-refractivity contribution in [3.63, 3.8) is 0 Å². The van der Waals surface area contributed by atoms with Crippen molar-refractivity contribution >= 4 is 15.9 Å². The molecule has 1 unspecified atom stereocenters. The molecule has 2 rings (SSSR count). The second kappa shape index (κ2) is 4.18. The number of nitrogens with one attached hydrogen (secondary N) is 1. The lowest BCUT2D eigenvalue weighted by molar-refractivity contribution is -0.0303. The lowest BCUT2D eigenvalue weighted by Gasteiger charge is -2.29. The topological polar surface area (TPSA) is 12.0 Å². The first-order valence-corrected chi connectivity index (χ1v) is 5.73. The van der Waals surface area contributed by atoms with Crippen molar-refractivity contribution in [2.24, 2.45) is 0 Å². The second-order valence-electron chi connectivity index (χ2n) is 3.88. The molecule has 1 heterocycles. The summed E-state index contributed by atoms with van der Waals surface area (Å²) in [4.78, 5) is 0. The minimum absolute atomic E-state index is 0.0306. The number of piperidine rings is 1. The number of hydrogen-bond donors (Lipinski definition) is 1. The Balaban J connectivity index is 2.08. The van der Waals surface area contributed by atoms with Crippen LogP contribution in [0.4, 0.5) is 8.78 Å². The first-order valence-electron chi connectivity index (χ1n) is 4.93. The molecule has 1 aliphatic rings. The Kier molecular flexibility index (Phi) is 3.07. The third-order valence-electron chi connectivity index (χ3n) is 2.66. The molecule has 0 bridgehead atoms. The predicted molar refractivity (Wildman–Crippen MR) is 59.1 cm³/mol. The molecule has 15 heavy (non-hydrogen) atoms. The van der Waals surface area contributed by atoms with Crippen molar-refractivity contribution in [2.45, 2.75) is 24.8 Å². The van der Waals surface area contributed by atoms with Gasteiger partial charge >= 0.3 is 0 Å². The van der Waals surface area contributed by atoms with Gasteiger partial charge in [0.15, 0.2) is 0 Å². The van der Waals surface area contributed by atoms with Gasteiger partial charge in [0, 0.05) is 16.9 Å². The molecule has 0 aromatic heterocycles. The minimum Gasteiger partial charge on any atom is -0.304 e. The molecule has 1 N–H and O–H groups in total. The molecule has 4 heteroatoms. The number of rotatable bonds is 1. The summed E-state index contributed by atoms with van der Waals surface area (Å²) in [6.07, 6.45) is 0.459. The molecule has 82 valence electrons. The Morgan fingerprint density at radius 3 is 2.80 bits per heavy atom. The van der Waals surface area contributed by atoms with E-state index < -0.39 is 5.92 Å². The van der Waals surface area contributed by atoms with Crippen LogP contribution in [0.1, 0.15) is 24.4 Å². The zero-order valence-corrected chi connectivity index (χ0v) is 9.73. The Labute approximate surface area is 96.0 Å². The molecule has 1 fully saturated rings. The summed E-state index contributed by atoms with van der Waals surface area (Å²) < 4.78 is 26.8. The Morgan fingerprint density at radius 1 is 1.40 bits per heavy atom. The van der Waals surface area contributed by atoms with Crippen LogP contribution in [-0.2, 0) is 0 Å². The highest BCUT2D eigenvalue weighted by molar-refractivity contribution is 9.10. The lowest BCUT2D eigenvalue weighted by Crippen LogP contribution is -2.40. The lowest BCUT2D eigenvalue weighted by atomic mass is 9.96. The van der Waals surface area contributed by atoms with E-state index in [1.54, 1.807) is 0 Å².